The third-order valence-corrected chi connectivity index (χ3v) is 4.57. The fraction of sp³-hybridized carbons (Fsp3) is 0.312. The molecule has 5 heteroatoms. The number of amides is 1. The Morgan fingerprint density at radius 3 is 2.48 bits per heavy atom. The molecule has 0 saturated heterocycles. The van der Waals surface area contributed by atoms with E-state index in [4.69, 9.17) is 5.73 Å². The van der Waals surface area contributed by atoms with Gasteiger partial charge in [0.05, 0.1) is 0 Å². The van der Waals surface area contributed by atoms with Crippen molar-refractivity contribution in [1.82, 2.24) is 5.32 Å². The quantitative estimate of drug-likeness (QED) is 0.887. The van der Waals surface area contributed by atoms with Crippen molar-refractivity contribution in [1.29, 1.82) is 0 Å². The second-order valence-corrected chi connectivity index (χ2v) is 6.42. The van der Waals surface area contributed by atoms with Gasteiger partial charge in [-0.25, -0.2) is 0 Å². The zero-order chi connectivity index (χ0) is 14.6. The molecule has 0 aliphatic carbocycles. The summed E-state index contributed by atoms with van der Waals surface area (Å²) in [5.41, 5.74) is 6.73. The zero-order valence-corrected chi connectivity index (χ0v) is 13.8. The highest BCUT2D eigenvalue weighted by molar-refractivity contribution is 7.10. The molecule has 0 fully saturated rings. The van der Waals surface area contributed by atoms with E-state index in [-0.39, 0.29) is 23.7 Å². The minimum Gasteiger partial charge on any atom is -0.354 e. The Morgan fingerprint density at radius 2 is 1.90 bits per heavy atom. The van der Waals surface area contributed by atoms with E-state index in [0.29, 0.717) is 6.54 Å². The van der Waals surface area contributed by atoms with Crippen LogP contribution in [0, 0.1) is 0 Å². The number of thiophene rings is 1. The van der Waals surface area contributed by atoms with Gasteiger partial charge in [-0.1, -0.05) is 50.2 Å². The number of carbonyl (C=O) groups is 1. The summed E-state index contributed by atoms with van der Waals surface area (Å²) >= 11 is 1.70. The summed E-state index contributed by atoms with van der Waals surface area (Å²) in [6.07, 6.45) is 0. The molecular weight excluding hydrogens is 304 g/mol. The van der Waals surface area contributed by atoms with Crippen LogP contribution in [0.4, 0.5) is 0 Å². The van der Waals surface area contributed by atoms with E-state index in [1.54, 1.807) is 11.3 Å². The lowest BCUT2D eigenvalue weighted by Gasteiger charge is -2.24. The first-order valence-corrected chi connectivity index (χ1v) is 7.51. The molecule has 2 rings (SSSR count). The first kappa shape index (κ1) is 17.7. The Balaban J connectivity index is 0.00000220. The van der Waals surface area contributed by atoms with Crippen molar-refractivity contribution in [2.75, 3.05) is 6.54 Å². The van der Waals surface area contributed by atoms with Crippen molar-refractivity contribution in [3.8, 4) is 0 Å². The van der Waals surface area contributed by atoms with Crippen LogP contribution in [-0.4, -0.2) is 12.5 Å². The maximum absolute atomic E-state index is 12.1. The van der Waals surface area contributed by atoms with Crippen molar-refractivity contribution in [2.45, 2.75) is 25.3 Å². The van der Waals surface area contributed by atoms with Crippen LogP contribution in [0.3, 0.4) is 0 Å². The number of hydrogen-bond donors (Lipinski definition) is 2. The van der Waals surface area contributed by atoms with Crippen molar-refractivity contribution in [3.05, 3.63) is 58.3 Å². The molecule has 1 aromatic heterocycles. The summed E-state index contributed by atoms with van der Waals surface area (Å²) in [6, 6.07) is 12.9. The van der Waals surface area contributed by atoms with E-state index in [0.717, 1.165) is 5.56 Å². The molecule has 21 heavy (non-hydrogen) atoms. The van der Waals surface area contributed by atoms with Gasteiger partial charge in [0.25, 0.3) is 0 Å². The third kappa shape index (κ3) is 4.56. The van der Waals surface area contributed by atoms with Crippen molar-refractivity contribution in [3.63, 3.8) is 0 Å². The predicted molar refractivity (Wildman–Crippen MR) is 91.0 cm³/mol. The molecular formula is C16H21ClN2OS. The summed E-state index contributed by atoms with van der Waals surface area (Å²) in [6.45, 7) is 4.81. The predicted octanol–water partition coefficient (Wildman–Crippen LogP) is 3.26. The molecule has 0 saturated carbocycles. The maximum Gasteiger partial charge on any atom is 0.241 e. The van der Waals surface area contributed by atoms with Gasteiger partial charge in [0, 0.05) is 16.8 Å². The highest BCUT2D eigenvalue weighted by Gasteiger charge is 2.24. The van der Waals surface area contributed by atoms with Gasteiger partial charge >= 0.3 is 0 Å². The minimum atomic E-state index is -0.615. The molecule has 2 aromatic rings. The van der Waals surface area contributed by atoms with Crippen LogP contribution in [0.25, 0.3) is 0 Å². The van der Waals surface area contributed by atoms with E-state index in [1.165, 1.54) is 4.88 Å². The lowest BCUT2D eigenvalue weighted by Crippen LogP contribution is -2.40. The topological polar surface area (TPSA) is 55.1 Å². The molecule has 114 valence electrons. The van der Waals surface area contributed by atoms with Crippen LogP contribution in [0.15, 0.2) is 47.8 Å². The molecule has 1 atom stereocenters. The smallest absolute Gasteiger partial charge is 0.241 e. The molecule has 1 amide bonds. The summed E-state index contributed by atoms with van der Waals surface area (Å²) in [5.74, 6) is -0.138. The monoisotopic (exact) mass is 324 g/mol. The summed E-state index contributed by atoms with van der Waals surface area (Å²) in [4.78, 5) is 13.4. The Hall–Kier alpha value is -1.36. The number of halogens is 1. The maximum atomic E-state index is 12.1. The van der Waals surface area contributed by atoms with Crippen LogP contribution in [-0.2, 0) is 10.2 Å². The van der Waals surface area contributed by atoms with E-state index < -0.39 is 6.04 Å². The van der Waals surface area contributed by atoms with Gasteiger partial charge in [-0.05, 0) is 17.0 Å². The lowest BCUT2D eigenvalue weighted by atomic mass is 9.91. The Kier molecular flexibility index (Phi) is 6.40. The van der Waals surface area contributed by atoms with Crippen LogP contribution < -0.4 is 11.1 Å². The molecule has 3 N–H and O–H groups in total. The van der Waals surface area contributed by atoms with Gasteiger partial charge in [-0.15, -0.1) is 23.7 Å². The number of benzene rings is 1. The molecule has 1 heterocycles. The van der Waals surface area contributed by atoms with E-state index in [9.17, 15) is 4.79 Å². The number of nitrogens with two attached hydrogens (primary N) is 1. The number of nitrogens with one attached hydrogen (secondary N) is 1. The number of hydrogen-bond acceptors (Lipinski definition) is 3. The molecule has 1 aromatic carbocycles. The van der Waals surface area contributed by atoms with Crippen LogP contribution in [0.1, 0.15) is 30.3 Å². The van der Waals surface area contributed by atoms with Gasteiger partial charge in [0.1, 0.15) is 6.04 Å². The summed E-state index contributed by atoms with van der Waals surface area (Å²) in [7, 11) is 0. The fourth-order valence-electron chi connectivity index (χ4n) is 1.98. The SMILES string of the molecule is CC(C)(CNC(=O)C(N)c1ccccc1)c1cccs1.Cl. The zero-order valence-electron chi connectivity index (χ0n) is 12.2. The average Bonchev–Trinajstić information content (AvgIpc) is 3.00. The van der Waals surface area contributed by atoms with Gasteiger partial charge in [-0.3, -0.25) is 4.79 Å². The summed E-state index contributed by atoms with van der Waals surface area (Å²) in [5, 5.41) is 5.00. The highest BCUT2D eigenvalue weighted by Crippen LogP contribution is 2.26. The molecule has 0 spiro atoms. The standard InChI is InChI=1S/C16H20N2OS.ClH/c1-16(2,13-9-6-10-20-13)11-18-15(19)14(17)12-7-4-3-5-8-12;/h3-10,14H,11,17H2,1-2H3,(H,18,19);1H. The largest absolute Gasteiger partial charge is 0.354 e. The lowest BCUT2D eigenvalue weighted by molar-refractivity contribution is -0.122. The van der Waals surface area contributed by atoms with Gasteiger partial charge in [0.2, 0.25) is 5.91 Å². The third-order valence-electron chi connectivity index (χ3n) is 3.33. The van der Waals surface area contributed by atoms with Crippen LogP contribution >= 0.6 is 23.7 Å². The number of rotatable bonds is 5. The first-order chi connectivity index (χ1) is 9.50. The van der Waals surface area contributed by atoms with E-state index >= 15 is 0 Å². The van der Waals surface area contributed by atoms with E-state index in [1.807, 2.05) is 36.4 Å². The molecule has 0 aliphatic rings. The number of carbonyl (C=O) groups excluding carboxylic acids is 1. The van der Waals surface area contributed by atoms with E-state index in [2.05, 4.69) is 30.6 Å². The highest BCUT2D eigenvalue weighted by atomic mass is 35.5. The van der Waals surface area contributed by atoms with Crippen molar-refractivity contribution in [2.24, 2.45) is 5.73 Å². The molecule has 3 nitrogen and oxygen atoms in total. The second-order valence-electron chi connectivity index (χ2n) is 5.47. The Bertz CT molecular complexity index is 555. The molecule has 0 radical (unpaired) electrons. The van der Waals surface area contributed by atoms with Crippen LogP contribution in [0.2, 0.25) is 0 Å². The molecule has 1 unspecified atom stereocenters. The average molecular weight is 325 g/mol. The van der Waals surface area contributed by atoms with Crippen LogP contribution in [0.5, 0.6) is 0 Å². The van der Waals surface area contributed by atoms with Gasteiger partial charge in [0.15, 0.2) is 0 Å². The molecule has 0 bridgehead atoms. The fourth-order valence-corrected chi connectivity index (χ4v) is 2.83. The van der Waals surface area contributed by atoms with Gasteiger partial charge < -0.3 is 11.1 Å². The Labute approximate surface area is 136 Å². The minimum absolute atomic E-state index is 0. The second kappa shape index (κ2) is 7.59. The summed E-state index contributed by atoms with van der Waals surface area (Å²) < 4.78 is 0. The Morgan fingerprint density at radius 1 is 1.24 bits per heavy atom. The first-order valence-electron chi connectivity index (χ1n) is 6.63. The molecule has 0 aliphatic heterocycles. The normalized spacial score (nSPS) is 12.3. The van der Waals surface area contributed by atoms with Crippen molar-refractivity contribution < 1.29 is 4.79 Å². The van der Waals surface area contributed by atoms with Crippen molar-refractivity contribution >= 4 is 29.7 Å². The van der Waals surface area contributed by atoms with Gasteiger partial charge in [-0.2, -0.15) is 0 Å².